The third kappa shape index (κ3) is 4.95. The SMILES string of the molecule is CCN1CCN(CC2(C)CCN(CC3(CC(C)C)CC3)CC2)CC1. The van der Waals surface area contributed by atoms with Crippen LogP contribution in [-0.2, 0) is 0 Å². The first-order chi connectivity index (χ1) is 11.4. The first-order valence-corrected chi connectivity index (χ1v) is 10.6. The van der Waals surface area contributed by atoms with E-state index < -0.39 is 0 Å². The Morgan fingerprint density at radius 1 is 0.750 bits per heavy atom. The highest BCUT2D eigenvalue weighted by Crippen LogP contribution is 2.51. The molecule has 0 aromatic rings. The fourth-order valence-electron chi connectivity index (χ4n) is 5.16. The lowest BCUT2D eigenvalue weighted by atomic mass is 9.79. The van der Waals surface area contributed by atoms with Crippen LogP contribution in [0.15, 0.2) is 0 Å². The van der Waals surface area contributed by atoms with Gasteiger partial charge in [0.1, 0.15) is 0 Å². The number of rotatable bonds is 7. The number of piperidine rings is 1. The van der Waals surface area contributed by atoms with Gasteiger partial charge in [0.15, 0.2) is 0 Å². The van der Waals surface area contributed by atoms with Crippen molar-refractivity contribution in [2.24, 2.45) is 16.7 Å². The molecule has 3 rings (SSSR count). The van der Waals surface area contributed by atoms with Gasteiger partial charge < -0.3 is 14.7 Å². The molecule has 0 N–H and O–H groups in total. The molecule has 0 radical (unpaired) electrons. The van der Waals surface area contributed by atoms with Crippen molar-refractivity contribution < 1.29 is 0 Å². The van der Waals surface area contributed by atoms with Gasteiger partial charge in [-0.25, -0.2) is 0 Å². The van der Waals surface area contributed by atoms with Gasteiger partial charge in [-0.1, -0.05) is 27.7 Å². The number of piperazine rings is 1. The summed E-state index contributed by atoms with van der Waals surface area (Å²) in [5.41, 5.74) is 1.26. The first kappa shape index (κ1) is 18.7. The molecule has 0 amide bonds. The van der Waals surface area contributed by atoms with Crippen LogP contribution in [0.3, 0.4) is 0 Å². The van der Waals surface area contributed by atoms with Crippen molar-refractivity contribution >= 4 is 0 Å². The molecule has 3 aliphatic rings. The second-order valence-electron chi connectivity index (χ2n) is 9.90. The Morgan fingerprint density at radius 2 is 1.29 bits per heavy atom. The van der Waals surface area contributed by atoms with Crippen LogP contribution in [0.1, 0.15) is 59.8 Å². The van der Waals surface area contributed by atoms with Crippen LogP contribution in [0.25, 0.3) is 0 Å². The molecule has 2 heterocycles. The van der Waals surface area contributed by atoms with Crippen LogP contribution in [0.4, 0.5) is 0 Å². The average molecular weight is 336 g/mol. The number of likely N-dealkylation sites (N-methyl/N-ethyl adjacent to an activating group) is 1. The monoisotopic (exact) mass is 335 g/mol. The third-order valence-corrected chi connectivity index (χ3v) is 6.94. The molecule has 2 aliphatic heterocycles. The molecule has 24 heavy (non-hydrogen) atoms. The van der Waals surface area contributed by atoms with E-state index in [-0.39, 0.29) is 0 Å². The third-order valence-electron chi connectivity index (χ3n) is 6.94. The molecule has 3 fully saturated rings. The summed E-state index contributed by atoms with van der Waals surface area (Å²) in [5, 5.41) is 0. The molecule has 3 nitrogen and oxygen atoms in total. The van der Waals surface area contributed by atoms with Crippen LogP contribution < -0.4 is 0 Å². The molecule has 1 saturated carbocycles. The zero-order valence-electron chi connectivity index (χ0n) is 16.8. The summed E-state index contributed by atoms with van der Waals surface area (Å²) in [6, 6.07) is 0. The highest BCUT2D eigenvalue weighted by molar-refractivity contribution is 4.97. The van der Waals surface area contributed by atoms with Gasteiger partial charge in [0.25, 0.3) is 0 Å². The van der Waals surface area contributed by atoms with E-state index in [1.54, 1.807) is 0 Å². The molecule has 0 aromatic heterocycles. The molecular formula is C21H41N3. The number of hydrogen-bond donors (Lipinski definition) is 0. The maximum atomic E-state index is 2.80. The molecule has 140 valence electrons. The van der Waals surface area contributed by atoms with Crippen LogP contribution in [0.5, 0.6) is 0 Å². The lowest BCUT2D eigenvalue weighted by Crippen LogP contribution is -2.51. The van der Waals surface area contributed by atoms with Gasteiger partial charge in [-0.15, -0.1) is 0 Å². The minimum Gasteiger partial charge on any atom is -0.303 e. The Bertz CT molecular complexity index is 386. The minimum atomic E-state index is 0.555. The van der Waals surface area contributed by atoms with Crippen LogP contribution in [0, 0.1) is 16.7 Å². The quantitative estimate of drug-likeness (QED) is 0.704. The fourth-order valence-corrected chi connectivity index (χ4v) is 5.16. The van der Waals surface area contributed by atoms with Crippen molar-refractivity contribution in [2.45, 2.75) is 59.8 Å². The maximum absolute atomic E-state index is 2.80. The molecule has 0 bridgehead atoms. The largest absolute Gasteiger partial charge is 0.303 e. The van der Waals surface area contributed by atoms with E-state index in [1.807, 2.05) is 0 Å². The summed E-state index contributed by atoms with van der Waals surface area (Å²) < 4.78 is 0. The lowest BCUT2D eigenvalue weighted by Gasteiger charge is -2.45. The van der Waals surface area contributed by atoms with Gasteiger partial charge in [0.05, 0.1) is 0 Å². The summed E-state index contributed by atoms with van der Waals surface area (Å²) in [5.74, 6) is 0.865. The van der Waals surface area contributed by atoms with E-state index in [9.17, 15) is 0 Å². The van der Waals surface area contributed by atoms with E-state index in [2.05, 4.69) is 42.4 Å². The van der Waals surface area contributed by atoms with Gasteiger partial charge in [-0.3, -0.25) is 0 Å². The number of nitrogens with zero attached hydrogens (tertiary/aromatic N) is 3. The second-order valence-corrected chi connectivity index (χ2v) is 9.90. The van der Waals surface area contributed by atoms with Crippen molar-refractivity contribution in [3.8, 4) is 0 Å². The first-order valence-electron chi connectivity index (χ1n) is 10.6. The molecule has 2 saturated heterocycles. The number of hydrogen-bond acceptors (Lipinski definition) is 3. The van der Waals surface area contributed by atoms with E-state index in [1.165, 1.54) is 91.0 Å². The van der Waals surface area contributed by atoms with Crippen molar-refractivity contribution in [2.75, 3.05) is 58.9 Å². The van der Waals surface area contributed by atoms with Crippen molar-refractivity contribution in [3.63, 3.8) is 0 Å². The lowest BCUT2D eigenvalue weighted by molar-refractivity contribution is 0.0429. The molecule has 3 heteroatoms. The van der Waals surface area contributed by atoms with E-state index >= 15 is 0 Å². The van der Waals surface area contributed by atoms with Gasteiger partial charge in [0, 0.05) is 39.3 Å². The van der Waals surface area contributed by atoms with E-state index in [0.717, 1.165) is 5.92 Å². The second kappa shape index (κ2) is 7.63. The molecule has 1 aliphatic carbocycles. The Labute approximate surface area is 150 Å². The summed E-state index contributed by atoms with van der Waals surface area (Å²) >= 11 is 0. The standard InChI is InChI=1S/C21H41N3/c1-5-22-12-14-24(15-13-22)17-20(4)8-10-23(11-9-20)18-21(6-7-21)16-19(2)3/h19H,5-18H2,1-4H3. The van der Waals surface area contributed by atoms with Gasteiger partial charge in [-0.05, 0) is 68.5 Å². The summed E-state index contributed by atoms with van der Waals surface area (Å²) in [4.78, 5) is 8.13. The van der Waals surface area contributed by atoms with Crippen LogP contribution >= 0.6 is 0 Å². The van der Waals surface area contributed by atoms with Crippen LogP contribution in [0.2, 0.25) is 0 Å². The van der Waals surface area contributed by atoms with Crippen LogP contribution in [-0.4, -0.2) is 73.6 Å². The summed E-state index contributed by atoms with van der Waals surface area (Å²) in [6.07, 6.45) is 7.22. The molecule has 0 spiro atoms. The smallest absolute Gasteiger partial charge is 0.0110 e. The van der Waals surface area contributed by atoms with E-state index in [0.29, 0.717) is 10.8 Å². The molecule has 0 aromatic carbocycles. The van der Waals surface area contributed by atoms with Gasteiger partial charge >= 0.3 is 0 Å². The molecular weight excluding hydrogens is 294 g/mol. The summed E-state index contributed by atoms with van der Waals surface area (Å²) in [7, 11) is 0. The predicted molar refractivity (Wildman–Crippen MR) is 103 cm³/mol. The normalized spacial score (nSPS) is 28.4. The predicted octanol–water partition coefficient (Wildman–Crippen LogP) is 3.55. The Balaban J connectivity index is 1.41. The average Bonchev–Trinajstić information content (AvgIpc) is 3.29. The fraction of sp³-hybridized carbons (Fsp3) is 1.00. The zero-order valence-corrected chi connectivity index (χ0v) is 16.8. The van der Waals surface area contributed by atoms with Gasteiger partial charge in [0.2, 0.25) is 0 Å². The zero-order chi connectivity index (χ0) is 17.2. The Hall–Kier alpha value is -0.120. The molecule has 0 atom stereocenters. The molecule has 0 unspecified atom stereocenters. The van der Waals surface area contributed by atoms with E-state index in [4.69, 9.17) is 0 Å². The Kier molecular flexibility index (Phi) is 5.94. The minimum absolute atomic E-state index is 0.555. The maximum Gasteiger partial charge on any atom is 0.0110 e. The van der Waals surface area contributed by atoms with Crippen molar-refractivity contribution in [1.29, 1.82) is 0 Å². The Morgan fingerprint density at radius 3 is 1.79 bits per heavy atom. The van der Waals surface area contributed by atoms with Crippen molar-refractivity contribution in [3.05, 3.63) is 0 Å². The van der Waals surface area contributed by atoms with Gasteiger partial charge in [-0.2, -0.15) is 0 Å². The topological polar surface area (TPSA) is 9.72 Å². The number of likely N-dealkylation sites (tertiary alicyclic amines) is 1. The highest BCUT2D eigenvalue weighted by atomic mass is 15.3. The van der Waals surface area contributed by atoms with Crippen molar-refractivity contribution in [1.82, 2.24) is 14.7 Å². The summed E-state index contributed by atoms with van der Waals surface area (Å²) in [6.45, 7) is 21.4. The highest BCUT2D eigenvalue weighted by Gasteiger charge is 2.45.